The van der Waals surface area contributed by atoms with E-state index in [0.29, 0.717) is 13.0 Å². The van der Waals surface area contributed by atoms with Crippen LogP contribution >= 0.6 is 0 Å². The summed E-state index contributed by atoms with van der Waals surface area (Å²) in [7, 11) is 4.80. The number of benzene rings is 1. The fourth-order valence-corrected chi connectivity index (χ4v) is 7.51. The molecule has 0 spiro atoms. The number of carbonyl (C=O) groups is 4. The van der Waals surface area contributed by atoms with Gasteiger partial charge in [0.25, 0.3) is 0 Å². The van der Waals surface area contributed by atoms with Gasteiger partial charge in [-0.15, -0.1) is 0 Å². The van der Waals surface area contributed by atoms with Crippen LogP contribution in [0.3, 0.4) is 0 Å². The lowest BCUT2D eigenvalue weighted by Crippen LogP contribution is -2.56. The van der Waals surface area contributed by atoms with Gasteiger partial charge in [0, 0.05) is 39.6 Å². The molecule has 1 fully saturated rings. The molecule has 0 aliphatic carbocycles. The van der Waals surface area contributed by atoms with E-state index >= 15 is 0 Å². The molecular weight excluding hydrogens is 742 g/mol. The van der Waals surface area contributed by atoms with Crippen molar-refractivity contribution in [3.05, 3.63) is 60.0 Å². The van der Waals surface area contributed by atoms with E-state index in [1.165, 1.54) is 19.2 Å². The molecule has 0 bridgehead atoms. The number of aromatic nitrogens is 1. The first-order valence-corrected chi connectivity index (χ1v) is 20.7. The van der Waals surface area contributed by atoms with Gasteiger partial charge in [0.05, 0.1) is 36.6 Å². The van der Waals surface area contributed by atoms with E-state index in [1.807, 2.05) is 92.6 Å². The molecular formula is C45H70FN5O7. The highest BCUT2D eigenvalue weighted by molar-refractivity contribution is 5.87. The zero-order chi connectivity index (χ0) is 43.5. The second-order valence-electron chi connectivity index (χ2n) is 17.7. The fraction of sp³-hybridized carbons (Fsp3) is 0.667. The van der Waals surface area contributed by atoms with Crippen molar-refractivity contribution in [1.29, 1.82) is 0 Å². The number of nitrogens with zero attached hydrogens (tertiary/aromatic N) is 3. The molecule has 2 heterocycles. The van der Waals surface area contributed by atoms with E-state index in [9.17, 15) is 23.6 Å². The molecule has 1 saturated heterocycles. The van der Waals surface area contributed by atoms with Gasteiger partial charge in [-0.25, -0.2) is 9.78 Å². The topological polar surface area (TPSA) is 139 Å². The van der Waals surface area contributed by atoms with Gasteiger partial charge in [-0.3, -0.25) is 14.4 Å². The average molecular weight is 812 g/mol. The third kappa shape index (κ3) is 12.5. The van der Waals surface area contributed by atoms with Crippen LogP contribution in [0.2, 0.25) is 0 Å². The Labute approximate surface area is 346 Å². The minimum atomic E-state index is -0.951. The van der Waals surface area contributed by atoms with E-state index in [0.717, 1.165) is 18.4 Å². The largest absolute Gasteiger partial charge is 0.458 e. The summed E-state index contributed by atoms with van der Waals surface area (Å²) in [6, 6.07) is 11.3. The molecule has 12 nitrogen and oxygen atoms in total. The van der Waals surface area contributed by atoms with Gasteiger partial charge in [-0.2, -0.15) is 4.39 Å². The number of carbonyl (C=O) groups excluding carboxylic acids is 4. The lowest BCUT2D eigenvalue weighted by molar-refractivity contribution is -0.171. The Bertz CT molecular complexity index is 1650. The third-order valence-corrected chi connectivity index (χ3v) is 12.3. The second kappa shape index (κ2) is 21.2. The number of rotatable bonds is 20. The summed E-state index contributed by atoms with van der Waals surface area (Å²) in [5.74, 6) is -2.63. The number of methoxy groups -OCH3 is 2. The molecule has 2 aromatic rings. The Morgan fingerprint density at radius 3 is 2.17 bits per heavy atom. The number of likely N-dealkylation sites (tertiary alicyclic amines) is 1. The van der Waals surface area contributed by atoms with Crippen molar-refractivity contribution in [3.63, 3.8) is 0 Å². The molecule has 1 aliphatic rings. The lowest BCUT2D eigenvalue weighted by atomic mass is 9.79. The van der Waals surface area contributed by atoms with Crippen molar-refractivity contribution in [2.24, 2.45) is 23.2 Å². The third-order valence-electron chi connectivity index (χ3n) is 12.3. The molecule has 1 aromatic carbocycles. The minimum absolute atomic E-state index is 0.00355. The first-order chi connectivity index (χ1) is 27.2. The zero-order valence-electron chi connectivity index (χ0n) is 37.1. The molecule has 58 heavy (non-hydrogen) atoms. The number of likely N-dealkylation sites (N-methyl/N-ethyl adjacent to an activating group) is 1. The predicted octanol–water partition coefficient (Wildman–Crippen LogP) is 6.67. The van der Waals surface area contributed by atoms with Crippen molar-refractivity contribution in [1.82, 2.24) is 20.1 Å². The minimum Gasteiger partial charge on any atom is -0.458 e. The van der Waals surface area contributed by atoms with Crippen LogP contribution in [0.15, 0.2) is 48.5 Å². The number of ether oxygens (including phenoxy) is 3. The van der Waals surface area contributed by atoms with Crippen LogP contribution in [0.1, 0.15) is 100 Å². The number of pyridine rings is 1. The molecule has 0 radical (unpaired) electrons. The van der Waals surface area contributed by atoms with Crippen LogP contribution in [-0.4, -0.2) is 108 Å². The van der Waals surface area contributed by atoms with Crippen LogP contribution < -0.4 is 10.6 Å². The summed E-state index contributed by atoms with van der Waals surface area (Å²) in [5, 5.41) is 6.09. The van der Waals surface area contributed by atoms with Gasteiger partial charge >= 0.3 is 5.97 Å². The van der Waals surface area contributed by atoms with Gasteiger partial charge in [-0.1, -0.05) is 98.2 Å². The maximum absolute atomic E-state index is 14.3. The first-order valence-electron chi connectivity index (χ1n) is 20.7. The van der Waals surface area contributed by atoms with Gasteiger partial charge in [0.1, 0.15) is 23.5 Å². The van der Waals surface area contributed by atoms with Gasteiger partial charge in [0.2, 0.25) is 23.7 Å². The monoisotopic (exact) mass is 812 g/mol. The molecule has 3 amide bonds. The van der Waals surface area contributed by atoms with E-state index in [2.05, 4.69) is 15.6 Å². The van der Waals surface area contributed by atoms with Crippen molar-refractivity contribution in [2.75, 3.05) is 33.1 Å². The van der Waals surface area contributed by atoms with Crippen LogP contribution in [0.25, 0.3) is 0 Å². The lowest BCUT2D eigenvalue weighted by Gasteiger charge is -2.41. The maximum Gasteiger partial charge on any atom is 0.329 e. The Kier molecular flexibility index (Phi) is 17.7. The van der Waals surface area contributed by atoms with Crippen LogP contribution in [0, 0.1) is 29.1 Å². The van der Waals surface area contributed by atoms with Crippen LogP contribution in [-0.2, 0) is 39.8 Å². The molecule has 2 N–H and O–H groups in total. The number of amides is 3. The SMILES string of the molecule is CC[C@H](C)[C@@H]([C@@H](CC(=O)N1CCC[C@H]1[C@H](OC)[C@@H](C)C(=O)N[C@@H](Cc1ccccc1)C(=O)OC(C)(C)C(C)(C)C)OC)N(C)C(=O)[C@@H](Nc1cccc(F)n1)C(C)C. The molecule has 1 aliphatic heterocycles. The molecule has 1 aromatic heterocycles. The Morgan fingerprint density at radius 2 is 1.62 bits per heavy atom. The highest BCUT2D eigenvalue weighted by Crippen LogP contribution is 2.34. The molecule has 0 unspecified atom stereocenters. The number of halogens is 1. The highest BCUT2D eigenvalue weighted by atomic mass is 19.1. The predicted molar refractivity (Wildman–Crippen MR) is 224 cm³/mol. The van der Waals surface area contributed by atoms with E-state index < -0.39 is 59.8 Å². The van der Waals surface area contributed by atoms with Crippen LogP contribution in [0.5, 0.6) is 0 Å². The molecule has 3 rings (SSSR count). The molecule has 8 atom stereocenters. The summed E-state index contributed by atoms with van der Waals surface area (Å²) >= 11 is 0. The van der Waals surface area contributed by atoms with Crippen molar-refractivity contribution in [3.8, 4) is 0 Å². The quantitative estimate of drug-likeness (QED) is 0.111. The number of esters is 1. The van der Waals surface area contributed by atoms with Crippen molar-refractivity contribution < 1.29 is 37.8 Å². The highest BCUT2D eigenvalue weighted by Gasteiger charge is 2.44. The summed E-state index contributed by atoms with van der Waals surface area (Å²) in [4.78, 5) is 63.6. The smallest absolute Gasteiger partial charge is 0.329 e. The molecule has 13 heteroatoms. The summed E-state index contributed by atoms with van der Waals surface area (Å²) < 4.78 is 32.0. The van der Waals surface area contributed by atoms with E-state index in [-0.39, 0.29) is 53.6 Å². The maximum atomic E-state index is 14.3. The Morgan fingerprint density at radius 1 is 0.966 bits per heavy atom. The van der Waals surface area contributed by atoms with E-state index in [1.54, 1.807) is 36.9 Å². The number of nitrogens with one attached hydrogen (secondary N) is 2. The second-order valence-corrected chi connectivity index (χ2v) is 17.7. The molecule has 324 valence electrons. The molecule has 0 saturated carbocycles. The van der Waals surface area contributed by atoms with Gasteiger partial charge in [-0.05, 0) is 56.2 Å². The van der Waals surface area contributed by atoms with Crippen LogP contribution in [0.4, 0.5) is 10.2 Å². The standard InChI is InChI=1S/C45H70FN5O7/c1-14-29(4)39(50(11)42(54)38(28(2)3)49-36-24-18-23-35(46)48-36)34(56-12)27-37(52)51-25-19-22-33(51)40(57-13)30(5)41(53)47-32(26-31-20-16-15-17-21-31)43(55)58-45(9,10)44(6,7)8/h15-18,20-21,23-24,28-30,32-34,38-40H,14,19,22,25-27H2,1-13H3,(H,47,53)(H,48,49)/t29-,30+,32-,33-,34+,38-,39-,40+/m0/s1. The Balaban J connectivity index is 1.82. The summed E-state index contributed by atoms with van der Waals surface area (Å²) in [6.07, 6.45) is 0.979. The zero-order valence-corrected chi connectivity index (χ0v) is 37.1. The summed E-state index contributed by atoms with van der Waals surface area (Å²) in [6.45, 7) is 19.8. The fourth-order valence-electron chi connectivity index (χ4n) is 7.51. The first kappa shape index (κ1) is 48.3. The Hall–Kier alpha value is -4.10. The normalized spacial score (nSPS) is 18.4. The average Bonchev–Trinajstić information content (AvgIpc) is 3.65. The van der Waals surface area contributed by atoms with Gasteiger partial charge in [0.15, 0.2) is 0 Å². The van der Waals surface area contributed by atoms with Gasteiger partial charge < -0.3 is 34.6 Å². The van der Waals surface area contributed by atoms with E-state index in [4.69, 9.17) is 14.2 Å². The number of hydrogen-bond donors (Lipinski definition) is 2. The summed E-state index contributed by atoms with van der Waals surface area (Å²) in [5.41, 5.74) is -0.288. The number of hydrogen-bond acceptors (Lipinski definition) is 9. The van der Waals surface area contributed by atoms with Crippen molar-refractivity contribution >= 4 is 29.5 Å². The van der Waals surface area contributed by atoms with Crippen molar-refractivity contribution in [2.45, 2.75) is 143 Å². The number of anilines is 1.